The summed E-state index contributed by atoms with van der Waals surface area (Å²) >= 11 is 0. The first-order valence-electron chi connectivity index (χ1n) is 3.29. The van der Waals surface area contributed by atoms with Gasteiger partial charge >= 0.3 is 6.09 Å². The quantitative estimate of drug-likeness (QED) is 0.536. The van der Waals surface area contributed by atoms with Gasteiger partial charge in [0.25, 0.3) is 0 Å². The summed E-state index contributed by atoms with van der Waals surface area (Å²) in [5.74, 6) is 0. The van der Waals surface area contributed by atoms with E-state index in [1.165, 1.54) is 4.90 Å². The zero-order chi connectivity index (χ0) is 7.56. The van der Waals surface area contributed by atoms with Crippen LogP contribution in [-0.2, 0) is 4.74 Å². The average molecular weight is 145 g/mol. The van der Waals surface area contributed by atoms with Crippen LogP contribution >= 0.6 is 0 Å². The molecule has 4 heteroatoms. The Labute approximate surface area is 59.4 Å². The molecule has 0 aromatic carbocycles. The second-order valence-corrected chi connectivity index (χ2v) is 2.40. The van der Waals surface area contributed by atoms with Gasteiger partial charge in [-0.05, 0) is 6.92 Å². The number of carbonyl (C=O) groups is 1. The van der Waals surface area contributed by atoms with Gasteiger partial charge in [-0.3, -0.25) is 0 Å². The molecule has 1 N–H and O–H groups in total. The summed E-state index contributed by atoms with van der Waals surface area (Å²) in [6, 6.07) is 0.00579. The van der Waals surface area contributed by atoms with E-state index in [-0.39, 0.29) is 6.04 Å². The summed E-state index contributed by atoms with van der Waals surface area (Å²) in [5, 5.41) is 8.58. The highest BCUT2D eigenvalue weighted by molar-refractivity contribution is 5.65. The fraction of sp³-hybridized carbons (Fsp3) is 0.833. The zero-order valence-electron chi connectivity index (χ0n) is 5.91. The Kier molecular flexibility index (Phi) is 2.11. The minimum Gasteiger partial charge on any atom is -0.465 e. The number of hydrogen-bond donors (Lipinski definition) is 1. The van der Waals surface area contributed by atoms with Crippen LogP contribution in [0.15, 0.2) is 0 Å². The number of carboxylic acid groups (broad SMARTS) is 1. The van der Waals surface area contributed by atoms with Crippen LogP contribution in [0.5, 0.6) is 0 Å². The summed E-state index contributed by atoms with van der Waals surface area (Å²) in [5.41, 5.74) is 0. The molecule has 1 atom stereocenters. The van der Waals surface area contributed by atoms with Crippen LogP contribution < -0.4 is 0 Å². The minimum absolute atomic E-state index is 0.00579. The Bertz CT molecular complexity index is 137. The molecule has 0 bridgehead atoms. The summed E-state index contributed by atoms with van der Waals surface area (Å²) < 4.78 is 5.06. The molecule has 58 valence electrons. The van der Waals surface area contributed by atoms with E-state index in [2.05, 4.69) is 0 Å². The number of morpholine rings is 1. The van der Waals surface area contributed by atoms with Crippen LogP contribution in [0.2, 0.25) is 0 Å². The molecular formula is C6H11NO3. The predicted octanol–water partition coefficient (Wildman–Crippen LogP) is 0.385. The Morgan fingerprint density at radius 1 is 1.80 bits per heavy atom. The van der Waals surface area contributed by atoms with E-state index >= 15 is 0 Å². The van der Waals surface area contributed by atoms with Gasteiger partial charge in [0.15, 0.2) is 0 Å². The van der Waals surface area contributed by atoms with Gasteiger partial charge in [-0.15, -0.1) is 0 Å². The van der Waals surface area contributed by atoms with Gasteiger partial charge in [0, 0.05) is 6.54 Å². The van der Waals surface area contributed by atoms with Crippen molar-refractivity contribution in [3.63, 3.8) is 0 Å². The van der Waals surface area contributed by atoms with Crippen molar-refractivity contribution in [1.82, 2.24) is 4.90 Å². The molecule has 0 aliphatic carbocycles. The second-order valence-electron chi connectivity index (χ2n) is 2.40. The van der Waals surface area contributed by atoms with Crippen LogP contribution in [0.1, 0.15) is 6.92 Å². The first kappa shape index (κ1) is 7.34. The highest BCUT2D eigenvalue weighted by Gasteiger charge is 2.22. The van der Waals surface area contributed by atoms with E-state index < -0.39 is 6.09 Å². The summed E-state index contributed by atoms with van der Waals surface area (Å²) in [6.45, 7) is 3.38. The lowest BCUT2D eigenvalue weighted by Gasteiger charge is -2.30. The highest BCUT2D eigenvalue weighted by atomic mass is 16.5. The van der Waals surface area contributed by atoms with E-state index in [0.717, 1.165) is 0 Å². The molecule has 1 saturated heterocycles. The third-order valence-corrected chi connectivity index (χ3v) is 1.61. The van der Waals surface area contributed by atoms with Crippen LogP contribution in [0, 0.1) is 0 Å². The summed E-state index contributed by atoms with van der Waals surface area (Å²) in [7, 11) is 0. The topological polar surface area (TPSA) is 49.8 Å². The van der Waals surface area contributed by atoms with Crippen molar-refractivity contribution in [2.45, 2.75) is 13.0 Å². The van der Waals surface area contributed by atoms with Gasteiger partial charge in [-0.1, -0.05) is 0 Å². The number of ether oxygens (including phenoxy) is 1. The average Bonchev–Trinajstić information content (AvgIpc) is 1.88. The molecule has 1 aliphatic heterocycles. The molecule has 0 aromatic heterocycles. The fourth-order valence-electron chi connectivity index (χ4n) is 1.01. The van der Waals surface area contributed by atoms with Crippen LogP contribution in [-0.4, -0.2) is 41.9 Å². The number of rotatable bonds is 0. The zero-order valence-corrected chi connectivity index (χ0v) is 5.91. The molecular weight excluding hydrogens is 134 g/mol. The van der Waals surface area contributed by atoms with Crippen molar-refractivity contribution >= 4 is 6.09 Å². The normalized spacial score (nSPS) is 26.5. The second kappa shape index (κ2) is 2.88. The fourth-order valence-corrected chi connectivity index (χ4v) is 1.01. The standard InChI is InChI=1S/C6H11NO3/c1-5-4-10-3-2-7(5)6(8)9/h5H,2-4H2,1H3,(H,8,9). The van der Waals surface area contributed by atoms with Gasteiger partial charge < -0.3 is 14.7 Å². The molecule has 0 saturated carbocycles. The van der Waals surface area contributed by atoms with Crippen molar-refractivity contribution in [1.29, 1.82) is 0 Å². The minimum atomic E-state index is -0.851. The van der Waals surface area contributed by atoms with E-state index in [0.29, 0.717) is 19.8 Å². The SMILES string of the molecule is CC1COCCN1C(=O)O. The Morgan fingerprint density at radius 3 is 2.90 bits per heavy atom. The number of hydrogen-bond acceptors (Lipinski definition) is 2. The van der Waals surface area contributed by atoms with Crippen LogP contribution in [0.25, 0.3) is 0 Å². The van der Waals surface area contributed by atoms with Crippen LogP contribution in [0.4, 0.5) is 4.79 Å². The van der Waals surface area contributed by atoms with Gasteiger partial charge in [0.2, 0.25) is 0 Å². The van der Waals surface area contributed by atoms with E-state index in [4.69, 9.17) is 9.84 Å². The van der Waals surface area contributed by atoms with Crippen LogP contribution in [0.3, 0.4) is 0 Å². The van der Waals surface area contributed by atoms with Crippen molar-refractivity contribution in [2.75, 3.05) is 19.8 Å². The predicted molar refractivity (Wildman–Crippen MR) is 35.0 cm³/mol. The Hall–Kier alpha value is -0.770. The van der Waals surface area contributed by atoms with Gasteiger partial charge in [-0.2, -0.15) is 0 Å². The molecule has 1 aliphatic rings. The largest absolute Gasteiger partial charge is 0.465 e. The lowest BCUT2D eigenvalue weighted by Crippen LogP contribution is -2.46. The molecule has 4 nitrogen and oxygen atoms in total. The molecule has 1 fully saturated rings. The molecule has 0 spiro atoms. The molecule has 1 unspecified atom stereocenters. The number of amides is 1. The van der Waals surface area contributed by atoms with Gasteiger partial charge in [-0.25, -0.2) is 4.79 Å². The van der Waals surface area contributed by atoms with Gasteiger partial charge in [0.1, 0.15) is 0 Å². The first-order chi connectivity index (χ1) is 4.72. The highest BCUT2D eigenvalue weighted by Crippen LogP contribution is 2.05. The smallest absolute Gasteiger partial charge is 0.407 e. The van der Waals surface area contributed by atoms with E-state index in [1.807, 2.05) is 6.92 Å². The van der Waals surface area contributed by atoms with Gasteiger partial charge in [0.05, 0.1) is 19.3 Å². The lowest BCUT2D eigenvalue weighted by atomic mass is 10.3. The maximum atomic E-state index is 10.4. The monoisotopic (exact) mass is 145 g/mol. The van der Waals surface area contributed by atoms with Crippen molar-refractivity contribution < 1.29 is 14.6 Å². The maximum absolute atomic E-state index is 10.4. The number of nitrogens with zero attached hydrogens (tertiary/aromatic N) is 1. The maximum Gasteiger partial charge on any atom is 0.407 e. The van der Waals surface area contributed by atoms with E-state index in [9.17, 15) is 4.79 Å². The lowest BCUT2D eigenvalue weighted by molar-refractivity contribution is 0.00633. The molecule has 0 radical (unpaired) electrons. The molecule has 0 aromatic rings. The Morgan fingerprint density at radius 2 is 2.50 bits per heavy atom. The summed E-state index contributed by atoms with van der Waals surface area (Å²) in [4.78, 5) is 11.8. The Balaban J connectivity index is 2.47. The van der Waals surface area contributed by atoms with Crippen molar-refractivity contribution in [3.8, 4) is 0 Å². The third-order valence-electron chi connectivity index (χ3n) is 1.61. The van der Waals surface area contributed by atoms with E-state index in [1.54, 1.807) is 0 Å². The third kappa shape index (κ3) is 1.39. The summed E-state index contributed by atoms with van der Waals surface area (Å²) in [6.07, 6.45) is -0.851. The van der Waals surface area contributed by atoms with Crippen molar-refractivity contribution in [3.05, 3.63) is 0 Å². The molecule has 1 rings (SSSR count). The molecule has 1 amide bonds. The van der Waals surface area contributed by atoms with Crippen molar-refractivity contribution in [2.24, 2.45) is 0 Å². The molecule has 10 heavy (non-hydrogen) atoms. The molecule has 1 heterocycles. The first-order valence-corrected chi connectivity index (χ1v) is 3.29.